The average Bonchev–Trinajstić information content (AvgIpc) is 3.02. The molecule has 0 unspecified atom stereocenters. The minimum absolute atomic E-state index is 0.823. The van der Waals surface area contributed by atoms with E-state index < -0.39 is 0 Å². The van der Waals surface area contributed by atoms with Crippen LogP contribution in [0.3, 0.4) is 0 Å². The standard InChI is InChI=1S/C26H21N5/c1-31-22-13-12-21-20(8-4-15-27-21)26(22)30-23(31)14-11-19-10-9-18-6-2-5-17-7-3-16-28-24(17)25(18)29-19/h2-4,6-10,12-13,15-16H,5,11,14H2,1H3. The molecule has 0 fully saturated rings. The predicted molar refractivity (Wildman–Crippen MR) is 124 cm³/mol. The largest absolute Gasteiger partial charge is 0.331 e. The minimum atomic E-state index is 0.823. The van der Waals surface area contributed by atoms with E-state index in [4.69, 9.17) is 9.97 Å². The van der Waals surface area contributed by atoms with Crippen molar-refractivity contribution in [2.45, 2.75) is 19.3 Å². The number of nitrogens with zero attached hydrogens (tertiary/aromatic N) is 5. The Morgan fingerprint density at radius 3 is 2.74 bits per heavy atom. The normalized spacial score (nSPS) is 12.7. The van der Waals surface area contributed by atoms with Gasteiger partial charge >= 0.3 is 0 Å². The fourth-order valence-corrected chi connectivity index (χ4v) is 4.42. The van der Waals surface area contributed by atoms with Gasteiger partial charge in [-0.2, -0.15) is 0 Å². The van der Waals surface area contributed by atoms with Crippen molar-refractivity contribution in [2.75, 3.05) is 0 Å². The molecule has 0 N–H and O–H groups in total. The van der Waals surface area contributed by atoms with Gasteiger partial charge < -0.3 is 4.57 Å². The van der Waals surface area contributed by atoms with Crippen molar-refractivity contribution in [3.05, 3.63) is 89.6 Å². The average molecular weight is 403 g/mol. The summed E-state index contributed by atoms with van der Waals surface area (Å²) < 4.78 is 2.19. The minimum Gasteiger partial charge on any atom is -0.331 e. The molecule has 5 heteroatoms. The Morgan fingerprint density at radius 1 is 0.871 bits per heavy atom. The van der Waals surface area contributed by atoms with Gasteiger partial charge in [-0.25, -0.2) is 4.98 Å². The van der Waals surface area contributed by atoms with Crippen molar-refractivity contribution in [2.24, 2.45) is 7.05 Å². The van der Waals surface area contributed by atoms with Crippen LogP contribution in [-0.2, 0) is 26.3 Å². The van der Waals surface area contributed by atoms with Gasteiger partial charge in [-0.05, 0) is 54.8 Å². The van der Waals surface area contributed by atoms with E-state index in [0.29, 0.717) is 0 Å². The van der Waals surface area contributed by atoms with Crippen LogP contribution < -0.4 is 0 Å². The van der Waals surface area contributed by atoms with E-state index >= 15 is 0 Å². The summed E-state index contributed by atoms with van der Waals surface area (Å²) in [7, 11) is 2.09. The molecule has 0 radical (unpaired) electrons. The van der Waals surface area contributed by atoms with Gasteiger partial charge in [0.1, 0.15) is 5.82 Å². The number of pyridine rings is 3. The molecule has 4 aromatic heterocycles. The Balaban J connectivity index is 1.35. The summed E-state index contributed by atoms with van der Waals surface area (Å²) >= 11 is 0. The number of imidazole rings is 1. The molecular weight excluding hydrogens is 382 g/mol. The van der Waals surface area contributed by atoms with E-state index in [1.807, 2.05) is 24.5 Å². The molecular formula is C26H21N5. The van der Waals surface area contributed by atoms with Crippen LogP contribution in [-0.4, -0.2) is 24.5 Å². The summed E-state index contributed by atoms with van der Waals surface area (Å²) in [5, 5.41) is 1.10. The lowest BCUT2D eigenvalue weighted by Gasteiger charge is -2.09. The third-order valence-corrected chi connectivity index (χ3v) is 6.06. The lowest BCUT2D eigenvalue weighted by atomic mass is 10.1. The summed E-state index contributed by atoms with van der Waals surface area (Å²) in [6.45, 7) is 0. The van der Waals surface area contributed by atoms with Gasteiger partial charge in [0, 0.05) is 42.5 Å². The zero-order valence-electron chi connectivity index (χ0n) is 17.3. The number of aromatic nitrogens is 5. The summed E-state index contributed by atoms with van der Waals surface area (Å²) in [5.41, 5.74) is 8.50. The van der Waals surface area contributed by atoms with Crippen LogP contribution in [0.5, 0.6) is 0 Å². The van der Waals surface area contributed by atoms with Crippen LogP contribution in [0.2, 0.25) is 0 Å². The molecule has 0 aliphatic heterocycles. The number of allylic oxidation sites excluding steroid dienone is 1. The van der Waals surface area contributed by atoms with Crippen molar-refractivity contribution in [3.63, 3.8) is 0 Å². The number of hydrogen-bond donors (Lipinski definition) is 0. The highest BCUT2D eigenvalue weighted by Gasteiger charge is 2.16. The number of benzene rings is 1. The Bertz CT molecular complexity index is 1480. The van der Waals surface area contributed by atoms with Crippen LogP contribution in [0.15, 0.2) is 67.0 Å². The molecule has 0 saturated carbocycles. The molecule has 5 nitrogen and oxygen atoms in total. The summed E-state index contributed by atoms with van der Waals surface area (Å²) in [4.78, 5) is 19.1. The first-order valence-electron chi connectivity index (χ1n) is 10.6. The van der Waals surface area contributed by atoms with Gasteiger partial charge in [0.05, 0.1) is 27.9 Å². The molecule has 0 atom stereocenters. The molecule has 1 aliphatic rings. The van der Waals surface area contributed by atoms with E-state index in [1.54, 1.807) is 0 Å². The number of aryl methyl sites for hydroxylation is 3. The monoisotopic (exact) mass is 403 g/mol. The second-order valence-electron chi connectivity index (χ2n) is 7.95. The Labute approximate surface area is 180 Å². The van der Waals surface area contributed by atoms with E-state index in [-0.39, 0.29) is 0 Å². The molecule has 0 spiro atoms. The van der Waals surface area contributed by atoms with Gasteiger partial charge in [0.25, 0.3) is 0 Å². The highest BCUT2D eigenvalue weighted by atomic mass is 15.1. The maximum atomic E-state index is 5.00. The lowest BCUT2D eigenvalue weighted by Crippen LogP contribution is -2.03. The van der Waals surface area contributed by atoms with Gasteiger partial charge in [0.15, 0.2) is 0 Å². The molecule has 0 saturated heterocycles. The molecule has 0 bridgehead atoms. The smallest absolute Gasteiger partial charge is 0.110 e. The van der Waals surface area contributed by atoms with E-state index in [2.05, 4.69) is 70.1 Å². The van der Waals surface area contributed by atoms with Crippen molar-refractivity contribution < 1.29 is 0 Å². The van der Waals surface area contributed by atoms with Gasteiger partial charge in [-0.1, -0.05) is 24.3 Å². The SMILES string of the molecule is Cn1c(CCc2ccc3c(n2)-c2ncccc2CC=C3)nc2c3cccnc3ccc21. The van der Waals surface area contributed by atoms with Crippen LogP contribution in [0.25, 0.3) is 39.4 Å². The molecule has 1 aliphatic carbocycles. The topological polar surface area (TPSA) is 56.5 Å². The number of hydrogen-bond acceptors (Lipinski definition) is 4. The first-order valence-corrected chi connectivity index (χ1v) is 10.6. The van der Waals surface area contributed by atoms with E-state index in [1.165, 1.54) is 5.56 Å². The third kappa shape index (κ3) is 3.01. The molecule has 1 aromatic carbocycles. The quantitative estimate of drug-likeness (QED) is 0.428. The summed E-state index contributed by atoms with van der Waals surface area (Å²) in [6, 6.07) is 16.6. The molecule has 4 heterocycles. The first-order chi connectivity index (χ1) is 15.3. The maximum absolute atomic E-state index is 5.00. The van der Waals surface area contributed by atoms with E-state index in [9.17, 15) is 0 Å². The van der Waals surface area contributed by atoms with Crippen molar-refractivity contribution in [1.82, 2.24) is 24.5 Å². The van der Waals surface area contributed by atoms with Crippen molar-refractivity contribution in [1.29, 1.82) is 0 Å². The summed E-state index contributed by atoms with van der Waals surface area (Å²) in [6.07, 6.45) is 10.5. The Morgan fingerprint density at radius 2 is 1.77 bits per heavy atom. The van der Waals surface area contributed by atoms with Crippen LogP contribution in [0, 0.1) is 0 Å². The second-order valence-corrected chi connectivity index (χ2v) is 7.95. The van der Waals surface area contributed by atoms with Crippen LogP contribution in [0.1, 0.15) is 22.6 Å². The molecule has 6 rings (SSSR count). The molecule has 0 amide bonds. The Kier molecular flexibility index (Phi) is 4.13. The van der Waals surface area contributed by atoms with Crippen molar-refractivity contribution in [3.8, 4) is 11.4 Å². The first kappa shape index (κ1) is 18.0. The zero-order chi connectivity index (χ0) is 20.8. The van der Waals surface area contributed by atoms with Gasteiger partial charge in [0.2, 0.25) is 0 Å². The molecule has 150 valence electrons. The zero-order valence-corrected chi connectivity index (χ0v) is 17.3. The summed E-state index contributed by atoms with van der Waals surface area (Å²) in [5.74, 6) is 1.06. The fourth-order valence-electron chi connectivity index (χ4n) is 4.42. The Hall–Kier alpha value is -3.86. The van der Waals surface area contributed by atoms with Crippen LogP contribution >= 0.6 is 0 Å². The third-order valence-electron chi connectivity index (χ3n) is 6.06. The highest BCUT2D eigenvalue weighted by molar-refractivity contribution is 6.02. The second kappa shape index (κ2) is 7.13. The van der Waals surface area contributed by atoms with Gasteiger partial charge in [-0.15, -0.1) is 0 Å². The molecule has 31 heavy (non-hydrogen) atoms. The predicted octanol–water partition coefficient (Wildman–Crippen LogP) is 4.93. The molecule has 5 aromatic rings. The van der Waals surface area contributed by atoms with E-state index in [0.717, 1.165) is 69.7 Å². The fraction of sp³-hybridized carbons (Fsp3) is 0.154. The number of fused-ring (bicyclic) bond motifs is 6. The maximum Gasteiger partial charge on any atom is 0.110 e. The van der Waals surface area contributed by atoms with Crippen molar-refractivity contribution >= 4 is 28.0 Å². The van der Waals surface area contributed by atoms with Crippen LogP contribution in [0.4, 0.5) is 0 Å². The van der Waals surface area contributed by atoms with Gasteiger partial charge in [-0.3, -0.25) is 15.0 Å². The lowest BCUT2D eigenvalue weighted by molar-refractivity contribution is 0.776. The number of rotatable bonds is 3. The highest BCUT2D eigenvalue weighted by Crippen LogP contribution is 2.29.